The van der Waals surface area contributed by atoms with Crippen LogP contribution in [0.15, 0.2) is 40.8 Å². The Labute approximate surface area is 111 Å². The first kappa shape index (κ1) is 13.1. The van der Waals surface area contributed by atoms with Crippen LogP contribution in [-0.4, -0.2) is 11.7 Å². The number of aryl methyl sites for hydroxylation is 1. The fourth-order valence-electron chi connectivity index (χ4n) is 2.00. The smallest absolute Gasteiger partial charge is 0.133 e. The zero-order valence-electron chi connectivity index (χ0n) is 10.1. The molecule has 0 radical (unpaired) electrons. The Morgan fingerprint density at radius 3 is 2.67 bits per heavy atom. The third kappa shape index (κ3) is 2.75. The molecule has 1 aromatic carbocycles. The molecule has 96 valence electrons. The molecule has 0 fully saturated rings. The molecule has 0 saturated carbocycles. The summed E-state index contributed by atoms with van der Waals surface area (Å²) in [7, 11) is 0. The van der Waals surface area contributed by atoms with Gasteiger partial charge >= 0.3 is 0 Å². The maximum Gasteiger partial charge on any atom is 0.133 e. The highest BCUT2D eigenvalue weighted by atomic mass is 35.5. The second-order valence-corrected chi connectivity index (χ2v) is 4.73. The van der Waals surface area contributed by atoms with Crippen LogP contribution in [0, 0.1) is 6.92 Å². The lowest BCUT2D eigenvalue weighted by molar-refractivity contribution is 0.121. The molecule has 4 heteroatoms. The summed E-state index contributed by atoms with van der Waals surface area (Å²) in [4.78, 5) is 0. The first-order chi connectivity index (χ1) is 8.61. The number of rotatable bonds is 4. The number of aliphatic hydroxyl groups is 1. The minimum absolute atomic E-state index is 0.228. The minimum Gasteiger partial charge on any atom is -0.464 e. The lowest BCUT2D eigenvalue weighted by Crippen LogP contribution is -2.19. The molecule has 0 bridgehead atoms. The maximum atomic E-state index is 10.3. The van der Waals surface area contributed by atoms with Crippen LogP contribution < -0.4 is 5.73 Å². The number of nitrogens with two attached hydrogens (primary N) is 1. The quantitative estimate of drug-likeness (QED) is 0.893. The zero-order valence-corrected chi connectivity index (χ0v) is 10.9. The zero-order chi connectivity index (χ0) is 13.1. The molecule has 0 amide bonds. The summed E-state index contributed by atoms with van der Waals surface area (Å²) in [5, 5.41) is 11.0. The van der Waals surface area contributed by atoms with Gasteiger partial charge in [-0.2, -0.15) is 0 Å². The van der Waals surface area contributed by atoms with Crippen LogP contribution in [0.3, 0.4) is 0 Å². The first-order valence-corrected chi connectivity index (χ1v) is 6.19. The van der Waals surface area contributed by atoms with E-state index in [9.17, 15) is 5.11 Å². The molecule has 1 heterocycles. The summed E-state index contributed by atoms with van der Waals surface area (Å²) in [5.41, 5.74) is 6.66. The Balaban J connectivity index is 2.28. The van der Waals surface area contributed by atoms with Crippen molar-refractivity contribution in [1.82, 2.24) is 0 Å². The van der Waals surface area contributed by atoms with Gasteiger partial charge in [-0.3, -0.25) is 0 Å². The van der Waals surface area contributed by atoms with Crippen LogP contribution in [0.1, 0.15) is 29.1 Å². The number of benzene rings is 1. The Morgan fingerprint density at radius 2 is 2.11 bits per heavy atom. The van der Waals surface area contributed by atoms with Gasteiger partial charge in [-0.25, -0.2) is 0 Å². The number of aliphatic hydroxyl groups excluding tert-OH is 1. The molecule has 0 saturated heterocycles. The van der Waals surface area contributed by atoms with Gasteiger partial charge in [0.15, 0.2) is 0 Å². The van der Waals surface area contributed by atoms with Gasteiger partial charge in [-0.05, 0) is 36.8 Å². The molecule has 3 N–H and O–H groups in total. The second kappa shape index (κ2) is 5.57. The molecule has 2 atom stereocenters. The summed E-state index contributed by atoms with van der Waals surface area (Å²) < 4.78 is 5.44. The summed E-state index contributed by atoms with van der Waals surface area (Å²) in [6.45, 7) is 2.16. The highest BCUT2D eigenvalue weighted by Crippen LogP contribution is 2.32. The molecule has 0 aliphatic rings. The average Bonchev–Trinajstić information content (AvgIpc) is 2.77. The Hall–Kier alpha value is -1.29. The Morgan fingerprint density at radius 1 is 1.33 bits per heavy atom. The predicted molar refractivity (Wildman–Crippen MR) is 71.7 cm³/mol. The molecule has 3 nitrogen and oxygen atoms in total. The van der Waals surface area contributed by atoms with E-state index in [0.717, 1.165) is 11.3 Å². The van der Waals surface area contributed by atoms with Crippen molar-refractivity contribution in [2.75, 3.05) is 6.54 Å². The number of hydrogen-bond donors (Lipinski definition) is 2. The summed E-state index contributed by atoms with van der Waals surface area (Å²) >= 11 is 5.95. The molecule has 0 aliphatic heterocycles. The van der Waals surface area contributed by atoms with E-state index in [-0.39, 0.29) is 5.92 Å². The Bertz CT molecular complexity index is 524. The van der Waals surface area contributed by atoms with Crippen molar-refractivity contribution in [2.45, 2.75) is 18.9 Å². The lowest BCUT2D eigenvalue weighted by Gasteiger charge is -2.20. The third-order valence-corrected chi connectivity index (χ3v) is 3.20. The number of halogens is 1. The molecule has 18 heavy (non-hydrogen) atoms. The monoisotopic (exact) mass is 265 g/mol. The second-order valence-electron chi connectivity index (χ2n) is 4.29. The van der Waals surface area contributed by atoms with E-state index in [1.165, 1.54) is 0 Å². The summed E-state index contributed by atoms with van der Waals surface area (Å²) in [5.74, 6) is 1.07. The van der Waals surface area contributed by atoms with E-state index in [1.807, 2.05) is 31.2 Å². The standard InChI is InChI=1S/C14H16ClNO2/c1-9-5-6-13(18-9)14(17)12(8-16)10-3-2-4-11(15)7-10/h2-7,12,14,17H,8,16H2,1H3. The number of hydrogen-bond acceptors (Lipinski definition) is 3. The van der Waals surface area contributed by atoms with Gasteiger partial charge in [0.25, 0.3) is 0 Å². The molecule has 2 unspecified atom stereocenters. The molecule has 0 spiro atoms. The molecular weight excluding hydrogens is 250 g/mol. The van der Waals surface area contributed by atoms with E-state index in [2.05, 4.69) is 0 Å². The van der Waals surface area contributed by atoms with E-state index < -0.39 is 6.10 Å². The highest BCUT2D eigenvalue weighted by molar-refractivity contribution is 6.30. The minimum atomic E-state index is -0.762. The largest absolute Gasteiger partial charge is 0.464 e. The van der Waals surface area contributed by atoms with Crippen LogP contribution in [-0.2, 0) is 0 Å². The normalized spacial score (nSPS) is 14.4. The van der Waals surface area contributed by atoms with Gasteiger partial charge in [-0.1, -0.05) is 23.7 Å². The van der Waals surface area contributed by atoms with Gasteiger partial charge in [0.1, 0.15) is 17.6 Å². The van der Waals surface area contributed by atoms with Gasteiger partial charge in [0.2, 0.25) is 0 Å². The topological polar surface area (TPSA) is 59.4 Å². The summed E-state index contributed by atoms with van der Waals surface area (Å²) in [6.07, 6.45) is -0.762. The van der Waals surface area contributed by atoms with E-state index in [1.54, 1.807) is 12.1 Å². The van der Waals surface area contributed by atoms with Crippen molar-refractivity contribution < 1.29 is 9.52 Å². The van der Waals surface area contributed by atoms with Crippen molar-refractivity contribution in [3.05, 3.63) is 58.5 Å². The van der Waals surface area contributed by atoms with Gasteiger partial charge < -0.3 is 15.3 Å². The van der Waals surface area contributed by atoms with Crippen LogP contribution in [0.4, 0.5) is 0 Å². The summed E-state index contributed by atoms with van der Waals surface area (Å²) in [6, 6.07) is 11.0. The van der Waals surface area contributed by atoms with E-state index in [4.69, 9.17) is 21.8 Å². The molecule has 2 rings (SSSR count). The van der Waals surface area contributed by atoms with Crippen molar-refractivity contribution in [2.24, 2.45) is 5.73 Å². The van der Waals surface area contributed by atoms with Crippen molar-refractivity contribution >= 4 is 11.6 Å². The van der Waals surface area contributed by atoms with Gasteiger partial charge in [-0.15, -0.1) is 0 Å². The van der Waals surface area contributed by atoms with E-state index in [0.29, 0.717) is 17.3 Å². The predicted octanol–water partition coefficient (Wildman–Crippen LogP) is 3.02. The van der Waals surface area contributed by atoms with Gasteiger partial charge in [0, 0.05) is 17.5 Å². The van der Waals surface area contributed by atoms with Crippen molar-refractivity contribution in [3.8, 4) is 0 Å². The average molecular weight is 266 g/mol. The number of furan rings is 1. The molecule has 2 aromatic rings. The lowest BCUT2D eigenvalue weighted by atomic mass is 9.92. The SMILES string of the molecule is Cc1ccc(C(O)C(CN)c2cccc(Cl)c2)o1. The molecule has 0 aliphatic carbocycles. The van der Waals surface area contributed by atoms with Crippen LogP contribution in [0.5, 0.6) is 0 Å². The Kier molecular flexibility index (Phi) is 4.07. The highest BCUT2D eigenvalue weighted by Gasteiger charge is 2.24. The van der Waals surface area contributed by atoms with Crippen LogP contribution in [0.25, 0.3) is 0 Å². The van der Waals surface area contributed by atoms with E-state index >= 15 is 0 Å². The molecule has 1 aromatic heterocycles. The van der Waals surface area contributed by atoms with Gasteiger partial charge in [0.05, 0.1) is 0 Å². The van der Waals surface area contributed by atoms with Crippen LogP contribution >= 0.6 is 11.6 Å². The first-order valence-electron chi connectivity index (χ1n) is 5.81. The molecular formula is C14H16ClNO2. The fourth-order valence-corrected chi connectivity index (χ4v) is 2.19. The maximum absolute atomic E-state index is 10.3. The van der Waals surface area contributed by atoms with Crippen molar-refractivity contribution in [3.63, 3.8) is 0 Å². The fraction of sp³-hybridized carbons (Fsp3) is 0.286. The van der Waals surface area contributed by atoms with Crippen LogP contribution in [0.2, 0.25) is 5.02 Å². The third-order valence-electron chi connectivity index (χ3n) is 2.96. The van der Waals surface area contributed by atoms with Crippen molar-refractivity contribution in [1.29, 1.82) is 0 Å².